The van der Waals surface area contributed by atoms with E-state index in [-0.39, 0.29) is 12.3 Å². The van der Waals surface area contributed by atoms with E-state index in [4.69, 9.17) is 16.6 Å². The summed E-state index contributed by atoms with van der Waals surface area (Å²) in [7, 11) is 1.84. The summed E-state index contributed by atoms with van der Waals surface area (Å²) >= 11 is 6.61. The Labute approximate surface area is 147 Å². The summed E-state index contributed by atoms with van der Waals surface area (Å²) < 4.78 is 8.00. The van der Waals surface area contributed by atoms with Crippen molar-refractivity contribution in [1.82, 2.24) is 25.1 Å². The minimum Gasteiger partial charge on any atom is -0.440 e. The number of aromatic amines is 1. The zero-order valence-corrected chi connectivity index (χ0v) is 15.0. The maximum absolute atomic E-state index is 12.1. The average molecular weight is 363 g/mol. The first-order chi connectivity index (χ1) is 11.5. The van der Waals surface area contributed by atoms with Gasteiger partial charge in [-0.25, -0.2) is 4.98 Å². The van der Waals surface area contributed by atoms with E-state index < -0.39 is 0 Å². The molecule has 2 N–H and O–H groups in total. The quantitative estimate of drug-likeness (QED) is 0.657. The summed E-state index contributed by atoms with van der Waals surface area (Å²) in [6.45, 7) is 2.31. The molecule has 0 bridgehead atoms. The van der Waals surface area contributed by atoms with E-state index in [1.165, 1.54) is 0 Å². The van der Waals surface area contributed by atoms with E-state index in [1.54, 1.807) is 15.9 Å². The van der Waals surface area contributed by atoms with Gasteiger partial charge >= 0.3 is 0 Å². The molecule has 9 heteroatoms. The summed E-state index contributed by atoms with van der Waals surface area (Å²) in [5, 5.41) is 11.7. The monoisotopic (exact) mass is 363 g/mol. The normalized spacial score (nSPS) is 10.9. The standard InChI is InChI=1S/C15H17N5O2S2/c1-9-10(17-14(22-9)11-4-3-7-24-11)8-13(21)16-6-5-12-18-19-15(23)20(12)2/h3-4,7H,5-6,8H2,1-2H3,(H,16,21)(H,19,23). The third kappa shape index (κ3) is 3.62. The second kappa shape index (κ2) is 7.10. The summed E-state index contributed by atoms with van der Waals surface area (Å²) in [6.07, 6.45) is 0.799. The number of rotatable bonds is 6. The zero-order valence-electron chi connectivity index (χ0n) is 13.3. The first-order valence-corrected chi connectivity index (χ1v) is 8.70. The highest BCUT2D eigenvalue weighted by Crippen LogP contribution is 2.25. The molecular formula is C15H17N5O2S2. The minimum absolute atomic E-state index is 0.0964. The lowest BCUT2D eigenvalue weighted by molar-refractivity contribution is -0.120. The van der Waals surface area contributed by atoms with Crippen LogP contribution in [0.2, 0.25) is 0 Å². The van der Waals surface area contributed by atoms with Gasteiger partial charge in [-0.2, -0.15) is 5.10 Å². The highest BCUT2D eigenvalue weighted by molar-refractivity contribution is 7.71. The number of aryl methyl sites for hydroxylation is 1. The molecule has 1 amide bonds. The van der Waals surface area contributed by atoms with Crippen LogP contribution in [-0.2, 0) is 24.7 Å². The Morgan fingerprint density at radius 1 is 1.54 bits per heavy atom. The molecule has 3 heterocycles. The number of H-pyrrole nitrogens is 1. The summed E-state index contributed by atoms with van der Waals surface area (Å²) in [6, 6.07) is 3.88. The van der Waals surface area contributed by atoms with Crippen molar-refractivity contribution in [2.75, 3.05) is 6.54 Å². The van der Waals surface area contributed by atoms with Crippen LogP contribution in [0.4, 0.5) is 0 Å². The molecule has 0 saturated heterocycles. The van der Waals surface area contributed by atoms with Gasteiger partial charge in [0.15, 0.2) is 4.77 Å². The van der Waals surface area contributed by atoms with Gasteiger partial charge in [-0.1, -0.05) is 6.07 Å². The minimum atomic E-state index is -0.0964. The molecule has 126 valence electrons. The van der Waals surface area contributed by atoms with Crippen LogP contribution in [-0.4, -0.2) is 32.2 Å². The van der Waals surface area contributed by atoms with E-state index in [2.05, 4.69) is 20.5 Å². The summed E-state index contributed by atoms with van der Waals surface area (Å²) in [4.78, 5) is 17.5. The molecule has 0 atom stereocenters. The summed E-state index contributed by atoms with van der Waals surface area (Å²) in [5.41, 5.74) is 0.661. The fraction of sp³-hybridized carbons (Fsp3) is 0.333. The molecule has 0 aliphatic rings. The van der Waals surface area contributed by atoms with Crippen LogP contribution in [0.5, 0.6) is 0 Å². The lowest BCUT2D eigenvalue weighted by Gasteiger charge is -2.04. The lowest BCUT2D eigenvalue weighted by Crippen LogP contribution is -2.28. The van der Waals surface area contributed by atoms with Gasteiger partial charge in [-0.3, -0.25) is 9.89 Å². The van der Waals surface area contributed by atoms with E-state index in [0.29, 0.717) is 35.1 Å². The Hall–Kier alpha value is -2.26. The van der Waals surface area contributed by atoms with Crippen LogP contribution in [0, 0.1) is 11.7 Å². The van der Waals surface area contributed by atoms with E-state index in [1.807, 2.05) is 31.5 Å². The molecule has 0 aromatic carbocycles. The molecule has 0 aliphatic carbocycles. The molecule has 24 heavy (non-hydrogen) atoms. The molecule has 0 fully saturated rings. The Balaban J connectivity index is 1.55. The third-order valence-electron chi connectivity index (χ3n) is 3.60. The molecule has 7 nitrogen and oxygen atoms in total. The Kier molecular flexibility index (Phi) is 4.91. The van der Waals surface area contributed by atoms with E-state index >= 15 is 0 Å². The van der Waals surface area contributed by atoms with E-state index in [0.717, 1.165) is 10.7 Å². The largest absolute Gasteiger partial charge is 0.440 e. The molecular weight excluding hydrogens is 346 g/mol. The van der Waals surface area contributed by atoms with Crippen molar-refractivity contribution < 1.29 is 9.21 Å². The van der Waals surface area contributed by atoms with Crippen LogP contribution in [0.3, 0.4) is 0 Å². The number of amides is 1. The van der Waals surface area contributed by atoms with Crippen LogP contribution in [0.25, 0.3) is 10.8 Å². The van der Waals surface area contributed by atoms with E-state index in [9.17, 15) is 4.79 Å². The van der Waals surface area contributed by atoms with Gasteiger partial charge in [0.1, 0.15) is 11.6 Å². The highest BCUT2D eigenvalue weighted by Gasteiger charge is 2.15. The predicted octanol–water partition coefficient (Wildman–Crippen LogP) is 2.40. The third-order valence-corrected chi connectivity index (χ3v) is 4.82. The number of nitrogens with one attached hydrogen (secondary N) is 2. The van der Waals surface area contributed by atoms with Crippen molar-refractivity contribution in [2.24, 2.45) is 7.05 Å². The molecule has 0 aliphatic heterocycles. The molecule has 0 unspecified atom stereocenters. The van der Waals surface area contributed by atoms with Crippen LogP contribution in [0.15, 0.2) is 21.9 Å². The Morgan fingerprint density at radius 3 is 3.04 bits per heavy atom. The van der Waals surface area contributed by atoms with Crippen molar-refractivity contribution in [2.45, 2.75) is 19.8 Å². The maximum atomic E-state index is 12.1. The number of carbonyl (C=O) groups is 1. The maximum Gasteiger partial charge on any atom is 0.236 e. The Morgan fingerprint density at radius 2 is 2.38 bits per heavy atom. The average Bonchev–Trinajstić information content (AvgIpc) is 3.26. The van der Waals surface area contributed by atoms with Gasteiger partial charge in [0.05, 0.1) is 17.0 Å². The number of thiophene rings is 1. The fourth-order valence-electron chi connectivity index (χ4n) is 2.23. The van der Waals surface area contributed by atoms with Gasteiger partial charge in [0, 0.05) is 20.0 Å². The van der Waals surface area contributed by atoms with Crippen LogP contribution >= 0.6 is 23.6 Å². The van der Waals surface area contributed by atoms with Crippen molar-refractivity contribution in [3.63, 3.8) is 0 Å². The first kappa shape index (κ1) is 16.6. The molecule has 0 saturated carbocycles. The molecule has 0 radical (unpaired) electrons. The van der Waals surface area contributed by atoms with Crippen LogP contribution in [0.1, 0.15) is 17.3 Å². The number of hydrogen-bond donors (Lipinski definition) is 2. The second-order valence-corrected chi connectivity index (χ2v) is 6.61. The van der Waals surface area contributed by atoms with Gasteiger partial charge in [-0.05, 0) is 30.6 Å². The topological polar surface area (TPSA) is 88.7 Å². The molecule has 3 aromatic heterocycles. The molecule has 0 spiro atoms. The number of carbonyl (C=O) groups excluding carboxylic acids is 1. The molecule has 3 rings (SSSR count). The van der Waals surface area contributed by atoms with Gasteiger partial charge in [0.25, 0.3) is 0 Å². The smallest absolute Gasteiger partial charge is 0.236 e. The number of aromatic nitrogens is 4. The summed E-state index contributed by atoms with van der Waals surface area (Å²) in [5.74, 6) is 1.94. The van der Waals surface area contributed by atoms with Crippen LogP contribution < -0.4 is 5.32 Å². The highest BCUT2D eigenvalue weighted by atomic mass is 32.1. The van der Waals surface area contributed by atoms with Gasteiger partial charge in [0.2, 0.25) is 11.8 Å². The Bertz CT molecular complexity index is 892. The van der Waals surface area contributed by atoms with Crippen molar-refractivity contribution >= 4 is 29.5 Å². The predicted molar refractivity (Wildman–Crippen MR) is 93.4 cm³/mol. The SMILES string of the molecule is Cc1oc(-c2cccs2)nc1CC(=O)NCCc1n[nH]c(=S)n1C. The molecule has 3 aromatic rings. The fourth-order valence-corrected chi connectivity index (χ4v) is 3.03. The number of nitrogens with zero attached hydrogens (tertiary/aromatic N) is 3. The van der Waals surface area contributed by atoms with Crippen molar-refractivity contribution in [1.29, 1.82) is 0 Å². The number of oxazole rings is 1. The van der Waals surface area contributed by atoms with Gasteiger partial charge in [-0.15, -0.1) is 11.3 Å². The zero-order chi connectivity index (χ0) is 17.1. The van der Waals surface area contributed by atoms with Crippen molar-refractivity contribution in [3.8, 4) is 10.8 Å². The van der Waals surface area contributed by atoms with Crippen molar-refractivity contribution in [3.05, 3.63) is 39.6 Å². The second-order valence-electron chi connectivity index (χ2n) is 5.28. The first-order valence-electron chi connectivity index (χ1n) is 7.41. The van der Waals surface area contributed by atoms with Gasteiger partial charge < -0.3 is 14.3 Å². The number of hydrogen-bond acceptors (Lipinski definition) is 6. The lowest BCUT2D eigenvalue weighted by atomic mass is 10.2.